The van der Waals surface area contributed by atoms with Gasteiger partial charge in [0.25, 0.3) is 5.91 Å². The zero-order valence-corrected chi connectivity index (χ0v) is 15.1. The van der Waals surface area contributed by atoms with Crippen molar-refractivity contribution >= 4 is 34.1 Å². The number of aryl methyl sites for hydroxylation is 1. The molecule has 0 aliphatic rings. The zero-order chi connectivity index (χ0) is 18.9. The number of furan rings is 1. The van der Waals surface area contributed by atoms with Crippen LogP contribution in [0.25, 0.3) is 11.6 Å². The number of thiazole rings is 1. The van der Waals surface area contributed by atoms with E-state index in [-0.39, 0.29) is 10.7 Å². The number of nitrogens with zero attached hydrogens (tertiary/aromatic N) is 3. The molecule has 3 aromatic rings. The number of nitrogens with one attached hydrogen (secondary N) is 1. The molecule has 1 amide bonds. The maximum Gasteiger partial charge on any atom is 0.434 e. The summed E-state index contributed by atoms with van der Waals surface area (Å²) in [6, 6.07) is 3.38. The largest absolute Gasteiger partial charge is 0.461 e. The van der Waals surface area contributed by atoms with Crippen molar-refractivity contribution in [3.63, 3.8) is 0 Å². The van der Waals surface area contributed by atoms with Crippen molar-refractivity contribution in [1.29, 1.82) is 0 Å². The third-order valence-electron chi connectivity index (χ3n) is 3.23. The fraction of sp³-hybridized carbons (Fsp3) is 0.200. The lowest BCUT2D eigenvalue weighted by atomic mass is 10.2. The van der Waals surface area contributed by atoms with E-state index in [1.807, 2.05) is 0 Å². The molecule has 3 aromatic heterocycles. The Labute approximate surface area is 153 Å². The lowest BCUT2D eigenvalue weighted by molar-refractivity contribution is -0.140. The van der Waals surface area contributed by atoms with E-state index in [9.17, 15) is 18.0 Å². The van der Waals surface area contributed by atoms with Crippen molar-refractivity contribution in [1.82, 2.24) is 15.0 Å². The average Bonchev–Trinajstić information content (AvgIpc) is 3.24. The van der Waals surface area contributed by atoms with Gasteiger partial charge in [0.2, 0.25) is 0 Å². The van der Waals surface area contributed by atoms with Crippen LogP contribution >= 0.6 is 23.1 Å². The highest BCUT2D eigenvalue weighted by Crippen LogP contribution is 2.32. The molecule has 0 saturated carbocycles. The highest BCUT2D eigenvalue weighted by Gasteiger charge is 2.34. The van der Waals surface area contributed by atoms with Gasteiger partial charge in [-0.25, -0.2) is 15.0 Å². The number of alkyl halides is 3. The zero-order valence-electron chi connectivity index (χ0n) is 13.4. The summed E-state index contributed by atoms with van der Waals surface area (Å²) in [6.07, 6.45) is -1.35. The van der Waals surface area contributed by atoms with Crippen LogP contribution in [0, 0.1) is 6.92 Å². The predicted molar refractivity (Wildman–Crippen MR) is 91.3 cm³/mol. The van der Waals surface area contributed by atoms with Gasteiger partial charge in [-0.05, 0) is 25.3 Å². The normalized spacial score (nSPS) is 11.6. The first-order chi connectivity index (χ1) is 12.3. The van der Waals surface area contributed by atoms with E-state index < -0.39 is 17.8 Å². The number of amides is 1. The maximum absolute atomic E-state index is 12.6. The minimum atomic E-state index is -4.56. The monoisotopic (exact) mass is 400 g/mol. The molecule has 0 aliphatic heterocycles. The first-order valence-electron chi connectivity index (χ1n) is 7.10. The molecule has 0 radical (unpaired) electrons. The number of rotatable bonds is 4. The van der Waals surface area contributed by atoms with Crippen LogP contribution in [0.2, 0.25) is 0 Å². The Balaban J connectivity index is 1.90. The lowest BCUT2D eigenvalue weighted by Gasteiger charge is -2.10. The predicted octanol–water partition coefficient (Wildman–Crippen LogP) is 4.49. The summed E-state index contributed by atoms with van der Waals surface area (Å²) in [5, 5.41) is 3.45. The molecule has 0 atom stereocenters. The number of anilines is 1. The summed E-state index contributed by atoms with van der Waals surface area (Å²) >= 11 is 1.91. The molecule has 3 rings (SSSR count). The van der Waals surface area contributed by atoms with E-state index in [4.69, 9.17) is 4.42 Å². The number of hydrogen-bond acceptors (Lipinski definition) is 7. The highest BCUT2D eigenvalue weighted by atomic mass is 32.2. The number of aromatic nitrogens is 3. The van der Waals surface area contributed by atoms with Crippen LogP contribution < -0.4 is 5.32 Å². The van der Waals surface area contributed by atoms with Crippen molar-refractivity contribution in [2.75, 3.05) is 11.6 Å². The summed E-state index contributed by atoms with van der Waals surface area (Å²) in [5.41, 5.74) is -0.499. The first-order valence-corrected chi connectivity index (χ1v) is 9.20. The molecule has 1 N–H and O–H groups in total. The molecular weight excluding hydrogens is 389 g/mol. The Bertz CT molecular complexity index is 939. The summed E-state index contributed by atoms with van der Waals surface area (Å²) in [4.78, 5) is 24.5. The minimum Gasteiger partial charge on any atom is -0.461 e. The van der Waals surface area contributed by atoms with Crippen LogP contribution in [0.15, 0.2) is 33.2 Å². The topological polar surface area (TPSA) is 80.9 Å². The Kier molecular flexibility index (Phi) is 5.01. The van der Waals surface area contributed by atoms with E-state index in [0.29, 0.717) is 33.6 Å². The summed E-state index contributed by atoms with van der Waals surface area (Å²) < 4.78 is 43.1. The van der Waals surface area contributed by atoms with E-state index >= 15 is 0 Å². The van der Waals surface area contributed by atoms with Gasteiger partial charge in [0.1, 0.15) is 5.03 Å². The smallest absolute Gasteiger partial charge is 0.434 e. The Hall–Kier alpha value is -2.40. The molecule has 0 bridgehead atoms. The molecule has 0 spiro atoms. The molecular formula is C15H11F3N4O2S2. The SMILES string of the molecule is CSc1nc(-c2ccco2)nc(C)c1C(=O)Nc1nc(C(F)(F)F)cs1. The van der Waals surface area contributed by atoms with E-state index in [0.717, 1.165) is 5.38 Å². The third kappa shape index (κ3) is 3.73. The highest BCUT2D eigenvalue weighted by molar-refractivity contribution is 7.98. The van der Waals surface area contributed by atoms with Crippen molar-refractivity contribution in [2.45, 2.75) is 18.1 Å². The van der Waals surface area contributed by atoms with Crippen molar-refractivity contribution in [3.8, 4) is 11.6 Å². The Morgan fingerprint density at radius 1 is 1.31 bits per heavy atom. The lowest BCUT2D eigenvalue weighted by Crippen LogP contribution is -2.17. The fourth-order valence-electron chi connectivity index (χ4n) is 2.09. The number of hydrogen-bond donors (Lipinski definition) is 1. The Morgan fingerprint density at radius 2 is 2.08 bits per heavy atom. The molecule has 11 heteroatoms. The van der Waals surface area contributed by atoms with Crippen LogP contribution in [-0.4, -0.2) is 27.1 Å². The second kappa shape index (κ2) is 7.08. The average molecular weight is 400 g/mol. The standard InChI is InChI=1S/C15H11F3N4O2S2/c1-7-10(12(23)22-14-20-9(6-26-14)15(16,17)18)13(25-2)21-11(19-7)8-4-3-5-24-8/h3-6H,1-2H3,(H,20,22,23). The maximum atomic E-state index is 12.6. The molecule has 0 fully saturated rings. The molecule has 6 nitrogen and oxygen atoms in total. The molecule has 0 aromatic carbocycles. The Morgan fingerprint density at radius 3 is 2.65 bits per heavy atom. The van der Waals surface area contributed by atoms with Crippen LogP contribution in [0.3, 0.4) is 0 Å². The van der Waals surface area contributed by atoms with Crippen molar-refractivity contribution in [3.05, 3.63) is 40.7 Å². The van der Waals surface area contributed by atoms with Crippen LogP contribution in [0.4, 0.5) is 18.3 Å². The van der Waals surface area contributed by atoms with Crippen molar-refractivity contribution in [2.24, 2.45) is 0 Å². The van der Waals surface area contributed by atoms with Gasteiger partial charge >= 0.3 is 6.18 Å². The molecule has 3 heterocycles. The quantitative estimate of drug-likeness (QED) is 0.513. The first kappa shape index (κ1) is 18.4. The number of thioether (sulfide) groups is 1. The fourth-order valence-corrected chi connectivity index (χ4v) is 3.43. The summed E-state index contributed by atoms with van der Waals surface area (Å²) in [7, 11) is 0. The van der Waals surface area contributed by atoms with Gasteiger partial charge in [-0.2, -0.15) is 13.2 Å². The van der Waals surface area contributed by atoms with Gasteiger partial charge in [0.15, 0.2) is 22.4 Å². The van der Waals surface area contributed by atoms with Crippen molar-refractivity contribution < 1.29 is 22.4 Å². The minimum absolute atomic E-state index is 0.149. The van der Waals surface area contributed by atoms with Crippen LogP contribution in [-0.2, 0) is 6.18 Å². The molecule has 0 unspecified atom stereocenters. The van der Waals surface area contributed by atoms with Crippen LogP contribution in [0.5, 0.6) is 0 Å². The van der Waals surface area contributed by atoms with E-state index in [1.165, 1.54) is 18.0 Å². The number of carbonyl (C=O) groups is 1. The molecule has 0 aliphatic carbocycles. The number of carbonyl (C=O) groups excluding carboxylic acids is 1. The van der Waals surface area contributed by atoms with Gasteiger partial charge in [0.05, 0.1) is 17.5 Å². The molecule has 26 heavy (non-hydrogen) atoms. The van der Waals surface area contributed by atoms with Crippen LogP contribution in [0.1, 0.15) is 21.7 Å². The summed E-state index contributed by atoms with van der Waals surface area (Å²) in [6.45, 7) is 1.62. The van der Waals surface area contributed by atoms with E-state index in [2.05, 4.69) is 20.3 Å². The van der Waals surface area contributed by atoms with Gasteiger partial charge < -0.3 is 4.42 Å². The van der Waals surface area contributed by atoms with Gasteiger partial charge in [-0.3, -0.25) is 10.1 Å². The number of halogens is 3. The molecule has 136 valence electrons. The second-order valence-corrected chi connectivity index (χ2v) is 6.64. The van der Waals surface area contributed by atoms with E-state index in [1.54, 1.807) is 25.3 Å². The van der Waals surface area contributed by atoms with Gasteiger partial charge in [-0.1, -0.05) is 0 Å². The van der Waals surface area contributed by atoms with Gasteiger partial charge in [-0.15, -0.1) is 23.1 Å². The van der Waals surface area contributed by atoms with Gasteiger partial charge in [0, 0.05) is 5.38 Å². The molecule has 0 saturated heterocycles. The summed E-state index contributed by atoms with van der Waals surface area (Å²) in [5.74, 6) is 0.146. The second-order valence-electron chi connectivity index (χ2n) is 4.98. The third-order valence-corrected chi connectivity index (χ3v) is 4.67.